The van der Waals surface area contributed by atoms with Gasteiger partial charge in [0, 0.05) is 6.54 Å². The highest BCUT2D eigenvalue weighted by Gasteiger charge is 2.16. The summed E-state index contributed by atoms with van der Waals surface area (Å²) in [5.74, 6) is -0.393. The third-order valence-electron chi connectivity index (χ3n) is 1.90. The molecular formula is C9H13ClN4O3S. The minimum absolute atomic E-state index is 0.0466. The molecule has 18 heavy (non-hydrogen) atoms. The lowest BCUT2D eigenvalue weighted by atomic mass is 10.5. The molecule has 0 unspecified atom stereocenters. The predicted molar refractivity (Wildman–Crippen MR) is 65.5 cm³/mol. The van der Waals surface area contributed by atoms with Crippen molar-refractivity contribution in [2.45, 2.75) is 18.2 Å². The van der Waals surface area contributed by atoms with E-state index in [1.807, 2.05) is 6.92 Å². The molecule has 0 saturated heterocycles. The van der Waals surface area contributed by atoms with E-state index in [9.17, 15) is 13.2 Å². The predicted octanol–water partition coefficient (Wildman–Crippen LogP) is -0.0655. The number of hydrogen-bond donors (Lipinski definition) is 2. The molecule has 0 spiro atoms. The van der Waals surface area contributed by atoms with E-state index in [0.717, 1.165) is 18.8 Å². The summed E-state index contributed by atoms with van der Waals surface area (Å²) < 4.78 is 25.6. The number of rotatable bonds is 6. The number of sulfonamides is 1. The average molecular weight is 293 g/mol. The lowest BCUT2D eigenvalue weighted by molar-refractivity contribution is -0.119. The van der Waals surface area contributed by atoms with Gasteiger partial charge in [0.1, 0.15) is 4.90 Å². The van der Waals surface area contributed by atoms with Crippen LogP contribution in [0.15, 0.2) is 17.3 Å². The minimum atomic E-state index is -3.79. The maximum atomic E-state index is 11.7. The van der Waals surface area contributed by atoms with E-state index in [1.165, 1.54) is 0 Å². The third kappa shape index (κ3) is 4.55. The Bertz CT molecular complexity index is 503. The summed E-state index contributed by atoms with van der Waals surface area (Å²) in [4.78, 5) is 18.2. The van der Waals surface area contributed by atoms with Crippen LogP contribution in [0, 0.1) is 0 Å². The van der Waals surface area contributed by atoms with Crippen LogP contribution < -0.4 is 10.0 Å². The van der Waals surface area contributed by atoms with Crippen LogP contribution in [0.2, 0.25) is 5.28 Å². The third-order valence-corrected chi connectivity index (χ3v) is 3.45. The van der Waals surface area contributed by atoms with Crippen LogP contribution in [0.4, 0.5) is 0 Å². The summed E-state index contributed by atoms with van der Waals surface area (Å²) in [6, 6.07) is 0. The molecule has 1 rings (SSSR count). The molecule has 7 nitrogen and oxygen atoms in total. The van der Waals surface area contributed by atoms with E-state index in [-0.39, 0.29) is 16.7 Å². The number of hydrogen-bond acceptors (Lipinski definition) is 5. The second-order valence-corrected chi connectivity index (χ2v) is 5.47. The second kappa shape index (κ2) is 6.62. The highest BCUT2D eigenvalue weighted by atomic mass is 35.5. The first-order valence-corrected chi connectivity index (χ1v) is 7.05. The first-order chi connectivity index (χ1) is 8.45. The molecule has 1 heterocycles. The van der Waals surface area contributed by atoms with Crippen LogP contribution in [0.3, 0.4) is 0 Å². The van der Waals surface area contributed by atoms with Gasteiger partial charge in [0.05, 0.1) is 18.9 Å². The molecule has 0 saturated carbocycles. The van der Waals surface area contributed by atoms with E-state index in [2.05, 4.69) is 20.0 Å². The Morgan fingerprint density at radius 2 is 2.00 bits per heavy atom. The molecule has 0 aliphatic rings. The van der Waals surface area contributed by atoms with Crippen LogP contribution >= 0.6 is 11.6 Å². The van der Waals surface area contributed by atoms with Gasteiger partial charge in [0.25, 0.3) is 0 Å². The Morgan fingerprint density at radius 1 is 1.39 bits per heavy atom. The van der Waals surface area contributed by atoms with Gasteiger partial charge >= 0.3 is 0 Å². The molecule has 0 radical (unpaired) electrons. The molecule has 1 aromatic rings. The van der Waals surface area contributed by atoms with Gasteiger partial charge in [-0.3, -0.25) is 4.79 Å². The van der Waals surface area contributed by atoms with Crippen LogP contribution in [0.1, 0.15) is 13.3 Å². The molecular weight excluding hydrogens is 280 g/mol. The first-order valence-electron chi connectivity index (χ1n) is 5.19. The maximum absolute atomic E-state index is 11.7. The van der Waals surface area contributed by atoms with Gasteiger partial charge in [-0.25, -0.2) is 23.1 Å². The molecule has 2 N–H and O–H groups in total. The fraction of sp³-hybridized carbons (Fsp3) is 0.444. The Labute approximate surface area is 110 Å². The fourth-order valence-corrected chi connectivity index (χ4v) is 1.98. The molecule has 9 heteroatoms. The lowest BCUT2D eigenvalue weighted by Crippen LogP contribution is -2.37. The summed E-state index contributed by atoms with van der Waals surface area (Å²) >= 11 is 5.44. The van der Waals surface area contributed by atoms with Crippen LogP contribution in [-0.2, 0) is 14.8 Å². The Balaban J connectivity index is 2.60. The molecule has 0 aliphatic heterocycles. The average Bonchev–Trinajstić information content (AvgIpc) is 2.34. The van der Waals surface area contributed by atoms with Crippen molar-refractivity contribution in [3.63, 3.8) is 0 Å². The van der Waals surface area contributed by atoms with Gasteiger partial charge < -0.3 is 5.32 Å². The number of carbonyl (C=O) groups is 1. The normalized spacial score (nSPS) is 11.2. The van der Waals surface area contributed by atoms with E-state index in [0.29, 0.717) is 6.54 Å². The molecule has 0 atom stereocenters. The Kier molecular flexibility index (Phi) is 5.45. The van der Waals surface area contributed by atoms with Gasteiger partial charge in [-0.1, -0.05) is 6.92 Å². The lowest BCUT2D eigenvalue weighted by Gasteiger charge is -2.06. The fourth-order valence-electron chi connectivity index (χ4n) is 1.01. The van der Waals surface area contributed by atoms with Crippen molar-refractivity contribution >= 4 is 27.5 Å². The van der Waals surface area contributed by atoms with Crippen molar-refractivity contribution in [1.29, 1.82) is 0 Å². The van der Waals surface area contributed by atoms with Crippen LogP contribution in [-0.4, -0.2) is 37.4 Å². The maximum Gasteiger partial charge on any atom is 0.244 e. The zero-order valence-electron chi connectivity index (χ0n) is 9.68. The summed E-state index contributed by atoms with van der Waals surface area (Å²) in [5, 5.41) is 2.50. The number of amides is 1. The van der Waals surface area contributed by atoms with Gasteiger partial charge in [-0.2, -0.15) is 0 Å². The number of halogens is 1. The zero-order chi connectivity index (χ0) is 13.6. The quantitative estimate of drug-likeness (QED) is 0.715. The topological polar surface area (TPSA) is 101 Å². The van der Waals surface area contributed by atoms with Crippen molar-refractivity contribution in [1.82, 2.24) is 20.0 Å². The molecule has 1 amide bonds. The largest absolute Gasteiger partial charge is 0.355 e. The van der Waals surface area contributed by atoms with E-state index in [1.54, 1.807) is 0 Å². The van der Waals surface area contributed by atoms with Gasteiger partial charge in [-0.15, -0.1) is 0 Å². The monoisotopic (exact) mass is 292 g/mol. The van der Waals surface area contributed by atoms with Crippen molar-refractivity contribution in [3.05, 3.63) is 17.7 Å². The summed E-state index contributed by atoms with van der Waals surface area (Å²) in [6.07, 6.45) is 2.92. The number of nitrogens with one attached hydrogen (secondary N) is 2. The highest BCUT2D eigenvalue weighted by Crippen LogP contribution is 2.06. The van der Waals surface area contributed by atoms with Crippen LogP contribution in [0.5, 0.6) is 0 Å². The van der Waals surface area contributed by atoms with Crippen molar-refractivity contribution < 1.29 is 13.2 Å². The standard InChI is InChI=1S/C9H13ClN4O3S/c1-2-3-11-8(15)6-14-18(16,17)7-4-12-9(10)13-5-7/h4-5,14H,2-3,6H2,1H3,(H,11,15). The number of aromatic nitrogens is 2. The zero-order valence-corrected chi connectivity index (χ0v) is 11.3. The van der Waals surface area contributed by atoms with Crippen molar-refractivity contribution in [2.75, 3.05) is 13.1 Å². The summed E-state index contributed by atoms with van der Waals surface area (Å²) in [5.41, 5.74) is 0. The van der Waals surface area contributed by atoms with E-state index < -0.39 is 15.9 Å². The van der Waals surface area contributed by atoms with Gasteiger partial charge in [0.2, 0.25) is 21.2 Å². The molecule has 0 aromatic carbocycles. The number of nitrogens with zero attached hydrogens (tertiary/aromatic N) is 2. The molecule has 100 valence electrons. The van der Waals surface area contributed by atoms with Crippen molar-refractivity contribution in [3.8, 4) is 0 Å². The highest BCUT2D eigenvalue weighted by molar-refractivity contribution is 7.89. The van der Waals surface area contributed by atoms with Gasteiger partial charge in [0.15, 0.2) is 0 Å². The Morgan fingerprint density at radius 3 is 2.56 bits per heavy atom. The van der Waals surface area contributed by atoms with Gasteiger partial charge in [-0.05, 0) is 18.0 Å². The molecule has 0 fully saturated rings. The molecule has 0 bridgehead atoms. The summed E-state index contributed by atoms with van der Waals surface area (Å²) in [6.45, 7) is 2.07. The van der Waals surface area contributed by atoms with Crippen LogP contribution in [0.25, 0.3) is 0 Å². The minimum Gasteiger partial charge on any atom is -0.355 e. The smallest absolute Gasteiger partial charge is 0.244 e. The molecule has 0 aliphatic carbocycles. The Hall–Kier alpha value is -1.25. The van der Waals surface area contributed by atoms with E-state index >= 15 is 0 Å². The summed E-state index contributed by atoms with van der Waals surface area (Å²) in [7, 11) is -3.79. The van der Waals surface area contributed by atoms with E-state index in [4.69, 9.17) is 11.6 Å². The molecule has 1 aromatic heterocycles. The first kappa shape index (κ1) is 14.8. The second-order valence-electron chi connectivity index (χ2n) is 3.36. The SMILES string of the molecule is CCCNC(=O)CNS(=O)(=O)c1cnc(Cl)nc1. The van der Waals surface area contributed by atoms with Crippen molar-refractivity contribution in [2.24, 2.45) is 0 Å². The number of carbonyl (C=O) groups excluding carboxylic acids is 1.